The maximum Gasteiger partial charge on any atom is 0.165 e. The van der Waals surface area contributed by atoms with Crippen LogP contribution in [0.2, 0.25) is 0 Å². The van der Waals surface area contributed by atoms with Crippen LogP contribution < -0.4 is 20.1 Å². The van der Waals surface area contributed by atoms with Crippen LogP contribution in [0.15, 0.2) is 36.4 Å². The molecule has 0 heterocycles. The van der Waals surface area contributed by atoms with E-state index in [-0.39, 0.29) is 5.75 Å². The van der Waals surface area contributed by atoms with Crippen molar-refractivity contribution in [2.24, 2.45) is 0 Å². The summed E-state index contributed by atoms with van der Waals surface area (Å²) in [5, 5.41) is 12.4. The smallest absolute Gasteiger partial charge is 0.165 e. The van der Waals surface area contributed by atoms with Gasteiger partial charge in [-0.25, -0.2) is 0 Å². The van der Waals surface area contributed by atoms with Crippen molar-refractivity contribution in [3.8, 4) is 17.2 Å². The van der Waals surface area contributed by atoms with Crippen LogP contribution in [0.25, 0.3) is 0 Å². The Morgan fingerprint density at radius 2 is 1.77 bits per heavy atom. The second-order valence-corrected chi connectivity index (χ2v) is 6.57. The van der Waals surface area contributed by atoms with Gasteiger partial charge in [0.2, 0.25) is 0 Å². The molecule has 2 aromatic rings. The highest BCUT2D eigenvalue weighted by molar-refractivity contribution is 7.55. The molecular weight excluding hydrogens is 297 g/mol. The van der Waals surface area contributed by atoms with Crippen LogP contribution in [-0.4, -0.2) is 38.3 Å². The normalized spacial score (nSPS) is 11.3. The van der Waals surface area contributed by atoms with Crippen LogP contribution in [0.4, 0.5) is 0 Å². The third-order valence-corrected chi connectivity index (χ3v) is 4.68. The van der Waals surface area contributed by atoms with Gasteiger partial charge in [0.25, 0.3) is 0 Å². The number of phenolic OH excluding ortho intramolecular Hbond substituents is 1. The molecule has 1 atom stereocenters. The number of methoxy groups -OCH3 is 2. The third-order valence-electron chi connectivity index (χ3n) is 3.28. The first kappa shape index (κ1) is 16.6. The lowest BCUT2D eigenvalue weighted by atomic mass is 10.2. The lowest BCUT2D eigenvalue weighted by Crippen LogP contribution is -2.17. The number of hydrogen-bond donors (Lipinski definition) is 1. The van der Waals surface area contributed by atoms with E-state index in [4.69, 9.17) is 9.47 Å². The van der Waals surface area contributed by atoms with Gasteiger partial charge in [0, 0.05) is 17.9 Å². The molecule has 0 aliphatic rings. The summed E-state index contributed by atoms with van der Waals surface area (Å²) in [6.07, 6.45) is 0. The van der Waals surface area contributed by atoms with Gasteiger partial charge < -0.3 is 19.5 Å². The molecule has 0 saturated carbocycles. The third kappa shape index (κ3) is 3.90. The number of nitrogens with zero attached hydrogens (tertiary/aromatic N) is 1. The Bertz CT molecular complexity index is 644. The predicted molar refractivity (Wildman–Crippen MR) is 92.6 cm³/mol. The standard InChI is InChI=1S/C17H22NO3P/c1-18(2)11-12-7-5-6-8-15(12)22-16-10-13(20-3)9-14(21-4)17(16)19/h5-10,19,22H,11H2,1-4H3. The summed E-state index contributed by atoms with van der Waals surface area (Å²) in [6, 6.07) is 11.8. The number of benzene rings is 2. The van der Waals surface area contributed by atoms with Crippen LogP contribution in [-0.2, 0) is 6.54 Å². The maximum absolute atomic E-state index is 10.4. The van der Waals surface area contributed by atoms with Crippen molar-refractivity contribution in [1.29, 1.82) is 0 Å². The van der Waals surface area contributed by atoms with Gasteiger partial charge in [-0.3, -0.25) is 0 Å². The molecule has 0 amide bonds. The summed E-state index contributed by atoms with van der Waals surface area (Å²) in [6.45, 7) is 0.866. The molecule has 0 fully saturated rings. The van der Waals surface area contributed by atoms with Crippen molar-refractivity contribution < 1.29 is 14.6 Å². The zero-order valence-electron chi connectivity index (χ0n) is 13.4. The molecule has 1 N–H and O–H groups in total. The SMILES string of the molecule is COc1cc(OC)c(O)c(Pc2ccccc2CN(C)C)c1. The molecule has 0 aliphatic carbocycles. The Labute approximate surface area is 133 Å². The van der Waals surface area contributed by atoms with Gasteiger partial charge in [0.05, 0.1) is 14.2 Å². The zero-order valence-corrected chi connectivity index (χ0v) is 14.4. The highest BCUT2D eigenvalue weighted by Crippen LogP contribution is 2.33. The van der Waals surface area contributed by atoms with E-state index in [1.807, 2.05) is 32.3 Å². The minimum Gasteiger partial charge on any atom is -0.504 e. The average molecular weight is 319 g/mol. The van der Waals surface area contributed by atoms with Gasteiger partial charge in [-0.15, -0.1) is 0 Å². The Kier molecular flexibility index (Phi) is 5.64. The number of ether oxygens (including phenoxy) is 2. The van der Waals surface area contributed by atoms with Gasteiger partial charge in [-0.05, 0) is 31.0 Å². The lowest BCUT2D eigenvalue weighted by molar-refractivity contribution is 0.366. The minimum absolute atomic E-state index is 0.182. The first-order valence-electron chi connectivity index (χ1n) is 6.99. The largest absolute Gasteiger partial charge is 0.504 e. The predicted octanol–water partition coefficient (Wildman–Crippen LogP) is 2.10. The van der Waals surface area contributed by atoms with E-state index in [0.29, 0.717) is 20.1 Å². The van der Waals surface area contributed by atoms with E-state index in [2.05, 4.69) is 17.0 Å². The molecule has 5 heteroatoms. The van der Waals surface area contributed by atoms with Crippen LogP contribution in [0.1, 0.15) is 5.56 Å². The van der Waals surface area contributed by atoms with Crippen molar-refractivity contribution >= 4 is 19.2 Å². The molecule has 2 aromatic carbocycles. The van der Waals surface area contributed by atoms with E-state index in [1.165, 1.54) is 10.9 Å². The molecule has 0 aliphatic heterocycles. The molecular formula is C17H22NO3P. The van der Waals surface area contributed by atoms with Crippen LogP contribution in [0.5, 0.6) is 17.2 Å². The van der Waals surface area contributed by atoms with E-state index in [1.54, 1.807) is 20.3 Å². The first-order valence-corrected chi connectivity index (χ1v) is 7.99. The van der Waals surface area contributed by atoms with Gasteiger partial charge >= 0.3 is 0 Å². The summed E-state index contributed by atoms with van der Waals surface area (Å²) in [7, 11) is 7.58. The monoisotopic (exact) mass is 319 g/mol. The molecule has 118 valence electrons. The average Bonchev–Trinajstić information content (AvgIpc) is 2.50. The van der Waals surface area contributed by atoms with Gasteiger partial charge in [0.1, 0.15) is 5.75 Å². The minimum atomic E-state index is 0.182. The molecule has 4 nitrogen and oxygen atoms in total. The van der Waals surface area contributed by atoms with Crippen molar-refractivity contribution in [2.75, 3.05) is 28.3 Å². The van der Waals surface area contributed by atoms with Gasteiger partial charge in [-0.1, -0.05) is 32.8 Å². The fourth-order valence-electron chi connectivity index (χ4n) is 2.22. The Balaban J connectivity index is 2.38. The fourth-order valence-corrected chi connectivity index (χ4v) is 3.47. The number of rotatable bonds is 6. The molecule has 1 unspecified atom stereocenters. The van der Waals surface area contributed by atoms with E-state index < -0.39 is 0 Å². The quantitative estimate of drug-likeness (QED) is 0.828. The Morgan fingerprint density at radius 1 is 1.05 bits per heavy atom. The van der Waals surface area contributed by atoms with Crippen molar-refractivity contribution in [3.05, 3.63) is 42.0 Å². The van der Waals surface area contributed by atoms with Crippen molar-refractivity contribution in [3.63, 3.8) is 0 Å². The summed E-state index contributed by atoms with van der Waals surface area (Å²) >= 11 is 0. The molecule has 0 spiro atoms. The van der Waals surface area contributed by atoms with Crippen molar-refractivity contribution in [2.45, 2.75) is 6.54 Å². The first-order chi connectivity index (χ1) is 10.5. The van der Waals surface area contributed by atoms with Crippen LogP contribution >= 0.6 is 8.58 Å². The van der Waals surface area contributed by atoms with E-state index >= 15 is 0 Å². The lowest BCUT2D eigenvalue weighted by Gasteiger charge is -2.16. The highest BCUT2D eigenvalue weighted by Gasteiger charge is 2.13. The second-order valence-electron chi connectivity index (χ2n) is 5.25. The Morgan fingerprint density at radius 3 is 2.41 bits per heavy atom. The second kappa shape index (κ2) is 7.48. The number of phenols is 1. The van der Waals surface area contributed by atoms with Crippen LogP contribution in [0, 0.1) is 0 Å². The highest BCUT2D eigenvalue weighted by atomic mass is 31.1. The number of hydrogen-bond acceptors (Lipinski definition) is 4. The number of aromatic hydroxyl groups is 1. The fraction of sp³-hybridized carbons (Fsp3) is 0.294. The summed E-state index contributed by atoms with van der Waals surface area (Å²) in [4.78, 5) is 2.13. The zero-order chi connectivity index (χ0) is 16.1. The molecule has 22 heavy (non-hydrogen) atoms. The van der Waals surface area contributed by atoms with E-state index in [9.17, 15) is 5.11 Å². The summed E-state index contributed by atoms with van der Waals surface area (Å²) < 4.78 is 10.5. The molecule has 0 radical (unpaired) electrons. The molecule has 0 saturated heterocycles. The maximum atomic E-state index is 10.4. The van der Waals surface area contributed by atoms with Crippen LogP contribution in [0.3, 0.4) is 0 Å². The van der Waals surface area contributed by atoms with Crippen molar-refractivity contribution in [1.82, 2.24) is 4.90 Å². The summed E-state index contributed by atoms with van der Waals surface area (Å²) in [5.41, 5.74) is 1.26. The summed E-state index contributed by atoms with van der Waals surface area (Å²) in [5.74, 6) is 1.30. The van der Waals surface area contributed by atoms with Gasteiger partial charge in [-0.2, -0.15) is 0 Å². The topological polar surface area (TPSA) is 41.9 Å². The van der Waals surface area contributed by atoms with E-state index in [0.717, 1.165) is 11.8 Å². The molecule has 2 rings (SSSR count). The van der Waals surface area contributed by atoms with Gasteiger partial charge in [0.15, 0.2) is 11.5 Å². The molecule has 0 bridgehead atoms. The molecule has 0 aromatic heterocycles. The Hall–Kier alpha value is -1.77.